The number of hydrogen-bond donors (Lipinski definition) is 2. The summed E-state index contributed by atoms with van der Waals surface area (Å²) in [5.74, 6) is 1.62. The quantitative estimate of drug-likeness (QED) is 0.755. The predicted molar refractivity (Wildman–Crippen MR) is 101 cm³/mol. The molecule has 0 atom stereocenters. The van der Waals surface area contributed by atoms with Crippen molar-refractivity contribution in [2.45, 2.75) is 99.6 Å². The van der Waals surface area contributed by atoms with Crippen molar-refractivity contribution in [3.05, 3.63) is 0 Å². The molecule has 0 radical (unpaired) electrons. The molecule has 0 unspecified atom stereocenters. The summed E-state index contributed by atoms with van der Waals surface area (Å²) in [7, 11) is 0. The van der Waals surface area contributed by atoms with E-state index in [9.17, 15) is 0 Å². The van der Waals surface area contributed by atoms with Crippen LogP contribution in [0.2, 0.25) is 0 Å². The van der Waals surface area contributed by atoms with E-state index in [-0.39, 0.29) is 21.7 Å². The van der Waals surface area contributed by atoms with Gasteiger partial charge in [0, 0.05) is 12.1 Å². The molecule has 2 rings (SSSR count). The summed E-state index contributed by atoms with van der Waals surface area (Å²) in [6, 6.07) is 0.609. The van der Waals surface area contributed by atoms with Crippen LogP contribution in [0.15, 0.2) is 0 Å². The van der Waals surface area contributed by atoms with Crippen LogP contribution in [0.4, 0.5) is 0 Å². The highest BCUT2D eigenvalue weighted by Crippen LogP contribution is 2.53. The second-order valence-corrected chi connectivity index (χ2v) is 11.7. The fourth-order valence-electron chi connectivity index (χ4n) is 6.55. The Balaban J connectivity index is 2.10. The summed E-state index contributed by atoms with van der Waals surface area (Å²) < 4.78 is 0. The minimum absolute atomic E-state index is 0.253. The zero-order chi connectivity index (χ0) is 17.8. The molecule has 0 heterocycles. The Morgan fingerprint density at radius 2 is 0.783 bits per heavy atom. The third-order valence-corrected chi connectivity index (χ3v) is 7.29. The molecule has 2 heteroatoms. The highest BCUT2D eigenvalue weighted by Gasteiger charge is 2.49. The molecular weight excluding hydrogens is 280 g/mol. The van der Waals surface area contributed by atoms with E-state index >= 15 is 0 Å². The number of nitrogens with two attached hydrogens (primary N) is 2. The summed E-state index contributed by atoms with van der Waals surface area (Å²) >= 11 is 0. The van der Waals surface area contributed by atoms with Crippen LogP contribution in [-0.4, -0.2) is 12.1 Å². The first-order chi connectivity index (χ1) is 10.2. The molecule has 136 valence electrons. The van der Waals surface area contributed by atoms with Crippen LogP contribution in [0.1, 0.15) is 87.5 Å². The van der Waals surface area contributed by atoms with Crippen LogP contribution in [-0.2, 0) is 0 Å². The lowest BCUT2D eigenvalue weighted by atomic mass is 9.54. The summed E-state index contributed by atoms with van der Waals surface area (Å²) in [6.45, 7) is 19.0. The van der Waals surface area contributed by atoms with Gasteiger partial charge in [0.05, 0.1) is 0 Å². The van der Waals surface area contributed by atoms with Crippen molar-refractivity contribution in [3.63, 3.8) is 0 Å². The van der Waals surface area contributed by atoms with Gasteiger partial charge in [-0.05, 0) is 65.6 Å². The van der Waals surface area contributed by atoms with Gasteiger partial charge in [-0.15, -0.1) is 0 Å². The zero-order valence-corrected chi connectivity index (χ0v) is 17.0. The average Bonchev–Trinajstić information content (AvgIpc) is 2.31. The lowest BCUT2D eigenvalue weighted by molar-refractivity contribution is -0.00542. The van der Waals surface area contributed by atoms with E-state index in [1.807, 2.05) is 0 Å². The van der Waals surface area contributed by atoms with Gasteiger partial charge in [-0.2, -0.15) is 0 Å². The van der Waals surface area contributed by atoms with Crippen LogP contribution < -0.4 is 11.5 Å². The first-order valence-electron chi connectivity index (χ1n) is 9.69. The maximum atomic E-state index is 6.57. The molecule has 2 saturated carbocycles. The fourth-order valence-corrected chi connectivity index (χ4v) is 6.55. The molecule has 23 heavy (non-hydrogen) atoms. The van der Waals surface area contributed by atoms with Crippen LogP contribution in [0.25, 0.3) is 0 Å². The Morgan fingerprint density at radius 3 is 1.00 bits per heavy atom. The van der Waals surface area contributed by atoms with Crippen molar-refractivity contribution in [1.29, 1.82) is 0 Å². The van der Waals surface area contributed by atoms with Crippen molar-refractivity contribution < 1.29 is 0 Å². The summed E-state index contributed by atoms with van der Waals surface area (Å²) in [6.07, 6.45) is 6.48. The van der Waals surface area contributed by atoms with Crippen molar-refractivity contribution in [3.8, 4) is 0 Å². The third kappa shape index (κ3) is 3.79. The topological polar surface area (TPSA) is 52.0 Å². The molecule has 0 aliphatic heterocycles. The first-order valence-corrected chi connectivity index (χ1v) is 9.69. The predicted octanol–water partition coefficient (Wildman–Crippen LogP) is 4.96. The largest absolute Gasteiger partial charge is 0.327 e. The van der Waals surface area contributed by atoms with Crippen molar-refractivity contribution in [2.24, 2.45) is 45.0 Å². The fraction of sp³-hybridized carbons (Fsp3) is 1.00. The molecule has 0 spiro atoms. The highest BCUT2D eigenvalue weighted by atomic mass is 14.8. The summed E-state index contributed by atoms with van der Waals surface area (Å²) in [4.78, 5) is 0. The SMILES string of the molecule is CC1(C)CC(CC2CC(C)(C)C(N)C(C)(C)C2)CC(C)(C)C1N. The van der Waals surface area contributed by atoms with Gasteiger partial charge in [0.1, 0.15) is 0 Å². The maximum absolute atomic E-state index is 6.57. The minimum atomic E-state index is 0.253. The minimum Gasteiger partial charge on any atom is -0.327 e. The van der Waals surface area contributed by atoms with Gasteiger partial charge < -0.3 is 11.5 Å². The molecule has 0 aromatic carbocycles. The lowest BCUT2D eigenvalue weighted by Crippen LogP contribution is -2.55. The molecule has 4 N–H and O–H groups in total. The Bertz CT molecular complexity index is 357. The molecule has 0 amide bonds. The van der Waals surface area contributed by atoms with E-state index in [1.165, 1.54) is 32.1 Å². The molecule has 0 aromatic rings. The number of rotatable bonds is 2. The first kappa shape index (κ1) is 19.2. The molecule has 0 bridgehead atoms. The van der Waals surface area contributed by atoms with E-state index in [2.05, 4.69) is 55.4 Å². The van der Waals surface area contributed by atoms with Crippen molar-refractivity contribution >= 4 is 0 Å². The van der Waals surface area contributed by atoms with E-state index in [1.54, 1.807) is 0 Å². The maximum Gasteiger partial charge on any atom is 0.0142 e. The second kappa shape index (κ2) is 5.73. The highest BCUT2D eigenvalue weighted by molar-refractivity contribution is 5.02. The molecular formula is C21H42N2. The molecule has 2 aliphatic rings. The van der Waals surface area contributed by atoms with Gasteiger partial charge in [-0.25, -0.2) is 0 Å². The summed E-state index contributed by atoms with van der Waals surface area (Å²) in [5.41, 5.74) is 14.2. The normalized spacial score (nSPS) is 41.5. The zero-order valence-electron chi connectivity index (χ0n) is 17.0. The van der Waals surface area contributed by atoms with Gasteiger partial charge in [-0.3, -0.25) is 0 Å². The Labute approximate surface area is 145 Å². The van der Waals surface area contributed by atoms with Gasteiger partial charge in [0.15, 0.2) is 0 Å². The lowest BCUT2D eigenvalue weighted by Gasteiger charge is -2.54. The molecule has 2 aliphatic carbocycles. The second-order valence-electron chi connectivity index (χ2n) is 11.7. The smallest absolute Gasteiger partial charge is 0.0142 e. The van der Waals surface area contributed by atoms with Crippen LogP contribution in [0.3, 0.4) is 0 Å². The third-order valence-electron chi connectivity index (χ3n) is 7.29. The van der Waals surface area contributed by atoms with Crippen LogP contribution >= 0.6 is 0 Å². The van der Waals surface area contributed by atoms with E-state index in [0.717, 1.165) is 11.8 Å². The molecule has 0 aromatic heterocycles. The number of hydrogen-bond acceptors (Lipinski definition) is 2. The average molecular weight is 323 g/mol. The van der Waals surface area contributed by atoms with Crippen LogP contribution in [0.5, 0.6) is 0 Å². The molecule has 2 nitrogen and oxygen atoms in total. The van der Waals surface area contributed by atoms with Gasteiger partial charge in [0.25, 0.3) is 0 Å². The van der Waals surface area contributed by atoms with E-state index in [0.29, 0.717) is 12.1 Å². The van der Waals surface area contributed by atoms with Crippen molar-refractivity contribution in [1.82, 2.24) is 0 Å². The Morgan fingerprint density at radius 1 is 0.565 bits per heavy atom. The Kier molecular flexibility index (Phi) is 4.79. The van der Waals surface area contributed by atoms with Gasteiger partial charge in [0.2, 0.25) is 0 Å². The molecule has 0 saturated heterocycles. The van der Waals surface area contributed by atoms with Gasteiger partial charge in [-0.1, -0.05) is 55.4 Å². The Hall–Kier alpha value is -0.0800. The van der Waals surface area contributed by atoms with Crippen LogP contribution in [0, 0.1) is 33.5 Å². The van der Waals surface area contributed by atoms with Gasteiger partial charge >= 0.3 is 0 Å². The summed E-state index contributed by atoms with van der Waals surface area (Å²) in [5, 5.41) is 0. The monoisotopic (exact) mass is 322 g/mol. The molecule has 2 fully saturated rings. The van der Waals surface area contributed by atoms with E-state index in [4.69, 9.17) is 11.5 Å². The van der Waals surface area contributed by atoms with Crippen molar-refractivity contribution in [2.75, 3.05) is 0 Å². The van der Waals surface area contributed by atoms with E-state index < -0.39 is 0 Å². The standard InChI is InChI=1S/C21H42N2/c1-18(2)10-14(11-19(3,4)16(18)22)9-15-12-20(5,6)17(23)21(7,8)13-15/h14-17H,9-13,22-23H2,1-8H3.